The van der Waals surface area contributed by atoms with Crippen LogP contribution in [-0.4, -0.2) is 18.7 Å². The lowest BCUT2D eigenvalue weighted by Gasteiger charge is -2.08. The third-order valence-corrected chi connectivity index (χ3v) is 2.67. The fourth-order valence-electron chi connectivity index (χ4n) is 1.92. The largest absolute Gasteiger partial charge is 0.492 e. The highest BCUT2D eigenvalue weighted by Gasteiger charge is 2.29. The summed E-state index contributed by atoms with van der Waals surface area (Å²) < 4.78 is 5.20. The van der Waals surface area contributed by atoms with Crippen molar-refractivity contribution in [1.29, 1.82) is 0 Å². The van der Waals surface area contributed by atoms with Crippen LogP contribution in [0.5, 0.6) is 0 Å². The van der Waals surface area contributed by atoms with E-state index in [1.54, 1.807) is 0 Å². The lowest BCUT2D eigenvalue weighted by molar-refractivity contribution is 0.275. The molecule has 2 rings (SSSR count). The van der Waals surface area contributed by atoms with Crippen LogP contribution in [0.1, 0.15) is 24.5 Å². The maximum atomic E-state index is 9.67. The average molecular weight is 205 g/mol. The highest BCUT2D eigenvalue weighted by molar-refractivity contribution is 6.62. The van der Waals surface area contributed by atoms with Crippen LogP contribution in [0.15, 0.2) is 18.2 Å². The van der Waals surface area contributed by atoms with Gasteiger partial charge in [-0.1, -0.05) is 25.1 Å². The molecule has 0 unspecified atom stereocenters. The molecule has 2 N–H and O–H groups in total. The molecule has 1 heterocycles. The van der Waals surface area contributed by atoms with E-state index in [9.17, 15) is 5.02 Å². The molecule has 0 aliphatic carbocycles. The Morgan fingerprint density at radius 3 is 3.20 bits per heavy atom. The Hall–Kier alpha value is -0.835. The van der Waals surface area contributed by atoms with Gasteiger partial charge in [-0.25, -0.2) is 0 Å². The van der Waals surface area contributed by atoms with E-state index >= 15 is 0 Å². The molecule has 1 aliphatic heterocycles. The van der Waals surface area contributed by atoms with Gasteiger partial charge in [-0.15, -0.1) is 0 Å². The summed E-state index contributed by atoms with van der Waals surface area (Å²) in [6.07, 6.45) is 1.12. The van der Waals surface area contributed by atoms with E-state index < -0.39 is 7.12 Å². The van der Waals surface area contributed by atoms with Crippen molar-refractivity contribution in [1.82, 2.24) is 5.32 Å². The number of nitrogens with one attached hydrogen (secondary N) is 1. The fraction of sp³-hybridized carbons (Fsp3) is 0.455. The standard InChI is InChI=1S/C11H16BNO2/c1-2-6-13-7-9-4-3-5-10-8-15-12(14)11(9)10/h3-5,13-14H,2,6-8H2,1H3. The van der Waals surface area contributed by atoms with Crippen molar-refractivity contribution in [2.24, 2.45) is 0 Å². The Balaban J connectivity index is 2.14. The monoisotopic (exact) mass is 205 g/mol. The molecule has 0 atom stereocenters. The predicted octanol–water partition coefficient (Wildman–Crippen LogP) is 0.404. The first-order valence-electron chi connectivity index (χ1n) is 5.44. The molecule has 1 aliphatic rings. The van der Waals surface area contributed by atoms with E-state index in [1.807, 2.05) is 18.2 Å². The van der Waals surface area contributed by atoms with Crippen molar-refractivity contribution in [2.45, 2.75) is 26.5 Å². The van der Waals surface area contributed by atoms with Gasteiger partial charge in [-0.05, 0) is 29.6 Å². The van der Waals surface area contributed by atoms with E-state index in [-0.39, 0.29) is 0 Å². The van der Waals surface area contributed by atoms with Crippen LogP contribution in [0.4, 0.5) is 0 Å². The summed E-state index contributed by atoms with van der Waals surface area (Å²) in [6, 6.07) is 6.07. The van der Waals surface area contributed by atoms with Gasteiger partial charge in [0.15, 0.2) is 0 Å². The second-order valence-electron chi connectivity index (χ2n) is 3.83. The second kappa shape index (κ2) is 4.79. The third kappa shape index (κ3) is 2.22. The van der Waals surface area contributed by atoms with Crippen molar-refractivity contribution in [3.8, 4) is 0 Å². The summed E-state index contributed by atoms with van der Waals surface area (Å²) in [4.78, 5) is 0. The minimum Gasteiger partial charge on any atom is -0.423 e. The molecule has 0 amide bonds. The van der Waals surface area contributed by atoms with Crippen molar-refractivity contribution < 1.29 is 9.68 Å². The molecule has 3 nitrogen and oxygen atoms in total. The maximum Gasteiger partial charge on any atom is 0.492 e. The molecule has 80 valence electrons. The number of hydrogen-bond donors (Lipinski definition) is 2. The van der Waals surface area contributed by atoms with Gasteiger partial charge in [0.25, 0.3) is 0 Å². The highest BCUT2D eigenvalue weighted by Crippen LogP contribution is 2.12. The fourth-order valence-corrected chi connectivity index (χ4v) is 1.92. The molecular weight excluding hydrogens is 189 g/mol. The van der Waals surface area contributed by atoms with Gasteiger partial charge in [0.2, 0.25) is 0 Å². The number of benzene rings is 1. The predicted molar refractivity (Wildman–Crippen MR) is 60.8 cm³/mol. The van der Waals surface area contributed by atoms with Crippen LogP contribution in [0, 0.1) is 0 Å². The lowest BCUT2D eigenvalue weighted by Crippen LogP contribution is -2.33. The van der Waals surface area contributed by atoms with Crippen LogP contribution in [0.3, 0.4) is 0 Å². The molecule has 0 saturated heterocycles. The Morgan fingerprint density at radius 2 is 2.40 bits per heavy atom. The first-order valence-corrected chi connectivity index (χ1v) is 5.44. The zero-order chi connectivity index (χ0) is 10.7. The van der Waals surface area contributed by atoms with E-state index in [4.69, 9.17) is 4.65 Å². The molecule has 0 saturated carbocycles. The maximum absolute atomic E-state index is 9.67. The quantitative estimate of drug-likeness (QED) is 0.552. The van der Waals surface area contributed by atoms with E-state index in [2.05, 4.69) is 12.2 Å². The average Bonchev–Trinajstić information content (AvgIpc) is 2.62. The smallest absolute Gasteiger partial charge is 0.423 e. The molecule has 1 aromatic carbocycles. The number of fused-ring (bicyclic) bond motifs is 1. The second-order valence-corrected chi connectivity index (χ2v) is 3.83. The van der Waals surface area contributed by atoms with E-state index in [0.717, 1.165) is 36.1 Å². The molecule has 15 heavy (non-hydrogen) atoms. The SMILES string of the molecule is CCCNCc1cccc2c1B(O)OC2. The summed E-state index contributed by atoms with van der Waals surface area (Å²) in [5.41, 5.74) is 3.21. The van der Waals surface area contributed by atoms with E-state index in [1.165, 1.54) is 0 Å². The van der Waals surface area contributed by atoms with Crippen LogP contribution in [0.25, 0.3) is 0 Å². The minimum absolute atomic E-state index is 0.526. The van der Waals surface area contributed by atoms with Crippen molar-refractivity contribution in [3.63, 3.8) is 0 Å². The Kier molecular flexibility index (Phi) is 3.41. The van der Waals surface area contributed by atoms with Gasteiger partial charge in [0.1, 0.15) is 0 Å². The van der Waals surface area contributed by atoms with Crippen molar-refractivity contribution >= 4 is 12.6 Å². The highest BCUT2D eigenvalue weighted by atomic mass is 16.5. The first kappa shape index (κ1) is 10.7. The first-order chi connectivity index (χ1) is 7.33. The van der Waals surface area contributed by atoms with Gasteiger partial charge in [-0.2, -0.15) is 0 Å². The molecule has 1 aromatic rings. The number of rotatable bonds is 4. The van der Waals surface area contributed by atoms with Crippen LogP contribution >= 0.6 is 0 Å². The van der Waals surface area contributed by atoms with Gasteiger partial charge in [0.05, 0.1) is 6.61 Å². The summed E-state index contributed by atoms with van der Waals surface area (Å²) >= 11 is 0. The third-order valence-electron chi connectivity index (χ3n) is 2.67. The normalized spacial score (nSPS) is 14.4. The Morgan fingerprint density at radius 1 is 1.53 bits per heavy atom. The van der Waals surface area contributed by atoms with Gasteiger partial charge in [-0.3, -0.25) is 0 Å². The zero-order valence-corrected chi connectivity index (χ0v) is 8.99. The number of hydrogen-bond acceptors (Lipinski definition) is 3. The molecule has 0 radical (unpaired) electrons. The van der Waals surface area contributed by atoms with Crippen molar-refractivity contribution in [2.75, 3.05) is 6.54 Å². The zero-order valence-electron chi connectivity index (χ0n) is 8.99. The van der Waals surface area contributed by atoms with Crippen molar-refractivity contribution in [3.05, 3.63) is 29.3 Å². The molecular formula is C11H16BNO2. The van der Waals surface area contributed by atoms with Crippen LogP contribution < -0.4 is 10.8 Å². The molecule has 0 aromatic heterocycles. The molecule has 0 spiro atoms. The summed E-state index contributed by atoms with van der Waals surface area (Å²) in [7, 11) is -0.736. The summed E-state index contributed by atoms with van der Waals surface area (Å²) in [6.45, 7) is 4.47. The summed E-state index contributed by atoms with van der Waals surface area (Å²) in [5, 5.41) is 13.0. The molecule has 0 fully saturated rings. The summed E-state index contributed by atoms with van der Waals surface area (Å²) in [5.74, 6) is 0. The van der Waals surface area contributed by atoms with E-state index in [0.29, 0.717) is 6.61 Å². The minimum atomic E-state index is -0.736. The van der Waals surface area contributed by atoms with Gasteiger partial charge < -0.3 is 15.0 Å². The Bertz CT molecular complexity index is 343. The topological polar surface area (TPSA) is 41.5 Å². The van der Waals surface area contributed by atoms with Gasteiger partial charge in [0, 0.05) is 6.54 Å². The lowest BCUT2D eigenvalue weighted by atomic mass is 9.76. The van der Waals surface area contributed by atoms with Crippen LogP contribution in [0.2, 0.25) is 0 Å². The molecule has 0 bridgehead atoms. The van der Waals surface area contributed by atoms with Gasteiger partial charge >= 0.3 is 7.12 Å². The molecule has 4 heteroatoms. The van der Waals surface area contributed by atoms with Crippen LogP contribution in [-0.2, 0) is 17.8 Å². The Labute approximate surface area is 90.6 Å².